The Morgan fingerprint density at radius 3 is 2.73 bits per heavy atom. The first-order valence-corrected chi connectivity index (χ1v) is 10.0. The number of allylic oxidation sites excluding steroid dienone is 3. The van der Waals surface area contributed by atoms with E-state index >= 15 is 0 Å². The van der Waals surface area contributed by atoms with Crippen LogP contribution in [0.3, 0.4) is 0 Å². The van der Waals surface area contributed by atoms with Crippen molar-refractivity contribution in [2.75, 3.05) is 25.9 Å². The minimum absolute atomic E-state index is 0.260. The SMILES string of the molecule is C=C/C=C(\C=C)Oc1ccc(-c2nn(C3CCCN(C)C3)c3ncnc(N)c23)cc1. The molecule has 0 amide bonds. The van der Waals surface area contributed by atoms with Gasteiger partial charge in [0.05, 0.1) is 11.4 Å². The van der Waals surface area contributed by atoms with E-state index in [4.69, 9.17) is 15.6 Å². The maximum Gasteiger partial charge on any atom is 0.164 e. The summed E-state index contributed by atoms with van der Waals surface area (Å²) >= 11 is 0. The van der Waals surface area contributed by atoms with Gasteiger partial charge in [-0.25, -0.2) is 14.6 Å². The highest BCUT2D eigenvalue weighted by Crippen LogP contribution is 2.34. The first-order valence-electron chi connectivity index (χ1n) is 10.0. The van der Waals surface area contributed by atoms with Gasteiger partial charge in [-0.2, -0.15) is 5.10 Å². The number of aromatic nitrogens is 4. The number of rotatable bonds is 6. The van der Waals surface area contributed by atoms with Crippen LogP contribution < -0.4 is 10.5 Å². The van der Waals surface area contributed by atoms with E-state index in [1.54, 1.807) is 18.2 Å². The molecule has 154 valence electrons. The van der Waals surface area contributed by atoms with Gasteiger partial charge in [-0.05, 0) is 62.9 Å². The molecular weight excluding hydrogens is 376 g/mol. The molecule has 30 heavy (non-hydrogen) atoms. The molecule has 2 N–H and O–H groups in total. The lowest BCUT2D eigenvalue weighted by Crippen LogP contribution is -2.34. The molecule has 7 nitrogen and oxygen atoms in total. The summed E-state index contributed by atoms with van der Waals surface area (Å²) in [5, 5.41) is 5.73. The molecule has 3 aromatic rings. The second-order valence-electron chi connectivity index (χ2n) is 7.44. The Balaban J connectivity index is 1.73. The number of nitrogens with two attached hydrogens (primary N) is 1. The average Bonchev–Trinajstić information content (AvgIpc) is 3.15. The van der Waals surface area contributed by atoms with Crippen LogP contribution in [0, 0.1) is 0 Å². The zero-order valence-corrected chi connectivity index (χ0v) is 17.2. The molecule has 0 spiro atoms. The van der Waals surface area contributed by atoms with Gasteiger partial charge in [-0.15, -0.1) is 0 Å². The minimum Gasteiger partial charge on any atom is -0.457 e. The maximum atomic E-state index is 6.24. The number of fused-ring (bicyclic) bond motifs is 1. The third-order valence-electron chi connectivity index (χ3n) is 5.31. The lowest BCUT2D eigenvalue weighted by molar-refractivity contribution is 0.205. The molecule has 2 aromatic heterocycles. The van der Waals surface area contributed by atoms with Crippen molar-refractivity contribution in [3.8, 4) is 17.0 Å². The average molecular weight is 403 g/mol. The van der Waals surface area contributed by atoms with Crippen LogP contribution >= 0.6 is 0 Å². The minimum atomic E-state index is 0.260. The number of anilines is 1. The Labute approximate surface area is 176 Å². The fourth-order valence-corrected chi connectivity index (χ4v) is 3.87. The fourth-order valence-electron chi connectivity index (χ4n) is 3.87. The zero-order valence-electron chi connectivity index (χ0n) is 17.2. The molecule has 1 saturated heterocycles. The van der Waals surface area contributed by atoms with E-state index in [0.717, 1.165) is 48.2 Å². The van der Waals surface area contributed by atoms with E-state index in [0.29, 0.717) is 17.3 Å². The second-order valence-corrected chi connectivity index (χ2v) is 7.44. The van der Waals surface area contributed by atoms with Crippen molar-refractivity contribution < 1.29 is 4.74 Å². The van der Waals surface area contributed by atoms with Gasteiger partial charge >= 0.3 is 0 Å². The van der Waals surface area contributed by atoms with Crippen molar-refractivity contribution in [3.05, 3.63) is 67.7 Å². The number of nitrogen functional groups attached to an aromatic ring is 1. The number of likely N-dealkylation sites (N-methyl/N-ethyl adjacent to an activating group) is 1. The number of hydrogen-bond acceptors (Lipinski definition) is 6. The molecule has 1 unspecified atom stereocenters. The van der Waals surface area contributed by atoms with Crippen LogP contribution in [0.1, 0.15) is 18.9 Å². The quantitative estimate of drug-likeness (QED) is 0.496. The molecule has 4 rings (SSSR count). The van der Waals surface area contributed by atoms with Crippen LogP contribution in [-0.4, -0.2) is 44.8 Å². The molecule has 1 aromatic carbocycles. The fraction of sp³-hybridized carbons (Fsp3) is 0.261. The van der Waals surface area contributed by atoms with E-state index in [1.165, 1.54) is 6.33 Å². The third-order valence-corrected chi connectivity index (χ3v) is 5.31. The molecule has 1 aliphatic rings. The Hall–Kier alpha value is -3.45. The van der Waals surface area contributed by atoms with Crippen LogP contribution in [0.2, 0.25) is 0 Å². The number of ether oxygens (including phenoxy) is 1. The Bertz CT molecular complexity index is 1100. The standard InChI is InChI=1S/C23H26N6O/c1-4-7-18(5-2)30-19-11-9-16(10-12-19)21-20-22(24)25-15-26-23(20)29(27-21)17-8-6-13-28(3)14-17/h4-5,7,9-12,15,17H,1-2,6,8,13-14H2,3H3,(H2,24,25,26)/b18-7+. The number of nitrogens with zero attached hydrogens (tertiary/aromatic N) is 5. The van der Waals surface area contributed by atoms with Crippen LogP contribution in [0.4, 0.5) is 5.82 Å². The first-order chi connectivity index (χ1) is 14.6. The van der Waals surface area contributed by atoms with E-state index in [9.17, 15) is 0 Å². The van der Waals surface area contributed by atoms with E-state index in [2.05, 4.69) is 35.1 Å². The molecule has 0 aliphatic carbocycles. The highest BCUT2D eigenvalue weighted by molar-refractivity contribution is 5.98. The van der Waals surface area contributed by atoms with Gasteiger partial charge in [0.2, 0.25) is 0 Å². The number of hydrogen-bond donors (Lipinski definition) is 1. The number of benzene rings is 1. The summed E-state index contributed by atoms with van der Waals surface area (Å²) in [4.78, 5) is 11.0. The van der Waals surface area contributed by atoms with Gasteiger partial charge in [0, 0.05) is 12.1 Å². The molecule has 1 atom stereocenters. The summed E-state index contributed by atoms with van der Waals surface area (Å²) in [6.45, 7) is 9.48. The van der Waals surface area contributed by atoms with Gasteiger partial charge in [0.25, 0.3) is 0 Å². The van der Waals surface area contributed by atoms with Crippen molar-refractivity contribution in [1.82, 2.24) is 24.6 Å². The first kappa shape index (κ1) is 19.8. The van der Waals surface area contributed by atoms with Gasteiger partial charge in [0.1, 0.15) is 29.3 Å². The number of likely N-dealkylation sites (tertiary alicyclic amines) is 1. The summed E-state index contributed by atoms with van der Waals surface area (Å²) in [6, 6.07) is 7.99. The van der Waals surface area contributed by atoms with E-state index < -0.39 is 0 Å². The van der Waals surface area contributed by atoms with Crippen LogP contribution in [0.15, 0.2) is 67.7 Å². The van der Waals surface area contributed by atoms with Gasteiger partial charge in [0.15, 0.2) is 5.65 Å². The second kappa shape index (κ2) is 8.51. The summed E-state index contributed by atoms with van der Waals surface area (Å²) in [5.74, 6) is 1.77. The summed E-state index contributed by atoms with van der Waals surface area (Å²) in [5.41, 5.74) is 8.74. The largest absolute Gasteiger partial charge is 0.457 e. The predicted octanol–water partition coefficient (Wildman–Crippen LogP) is 3.98. The van der Waals surface area contributed by atoms with Crippen LogP contribution in [-0.2, 0) is 0 Å². The van der Waals surface area contributed by atoms with Crippen LogP contribution in [0.5, 0.6) is 5.75 Å². The highest BCUT2D eigenvalue weighted by Gasteiger charge is 2.25. The van der Waals surface area contributed by atoms with Crippen molar-refractivity contribution >= 4 is 16.9 Å². The molecule has 1 aliphatic heterocycles. The van der Waals surface area contributed by atoms with Gasteiger partial charge in [-0.1, -0.05) is 19.2 Å². The molecule has 1 fully saturated rings. The monoisotopic (exact) mass is 402 g/mol. The smallest absolute Gasteiger partial charge is 0.164 e. The molecule has 0 radical (unpaired) electrons. The van der Waals surface area contributed by atoms with Crippen molar-refractivity contribution in [1.29, 1.82) is 0 Å². The summed E-state index contributed by atoms with van der Waals surface area (Å²) in [7, 11) is 2.14. The van der Waals surface area contributed by atoms with Crippen molar-refractivity contribution in [2.24, 2.45) is 0 Å². The van der Waals surface area contributed by atoms with Crippen molar-refractivity contribution in [2.45, 2.75) is 18.9 Å². The van der Waals surface area contributed by atoms with Gasteiger partial charge < -0.3 is 15.4 Å². The zero-order chi connectivity index (χ0) is 21.1. The Kier molecular flexibility index (Phi) is 5.63. The van der Waals surface area contributed by atoms with Crippen molar-refractivity contribution in [3.63, 3.8) is 0 Å². The number of piperidine rings is 1. The lowest BCUT2D eigenvalue weighted by atomic mass is 10.1. The molecular formula is C23H26N6O. The van der Waals surface area contributed by atoms with Gasteiger partial charge in [-0.3, -0.25) is 0 Å². The van der Waals surface area contributed by atoms with E-state index in [1.807, 2.05) is 28.9 Å². The maximum absolute atomic E-state index is 6.24. The molecule has 7 heteroatoms. The van der Waals surface area contributed by atoms with Crippen LogP contribution in [0.25, 0.3) is 22.3 Å². The lowest BCUT2D eigenvalue weighted by Gasteiger charge is -2.29. The van der Waals surface area contributed by atoms with E-state index in [-0.39, 0.29) is 6.04 Å². The Morgan fingerprint density at radius 1 is 1.23 bits per heavy atom. The summed E-state index contributed by atoms with van der Waals surface area (Å²) < 4.78 is 7.83. The normalized spacial score (nSPS) is 17.8. The summed E-state index contributed by atoms with van der Waals surface area (Å²) in [6.07, 6.45) is 8.77. The topological polar surface area (TPSA) is 82.1 Å². The molecule has 0 bridgehead atoms. The molecule has 3 heterocycles. The predicted molar refractivity (Wildman–Crippen MR) is 120 cm³/mol. The molecule has 0 saturated carbocycles. The Morgan fingerprint density at radius 2 is 2.03 bits per heavy atom. The highest BCUT2D eigenvalue weighted by atomic mass is 16.5. The third kappa shape index (κ3) is 3.84.